The number of likely N-dealkylation sites (tertiary alicyclic amines) is 1. The number of rotatable bonds is 7. The predicted octanol–water partition coefficient (Wildman–Crippen LogP) is 4.90. The van der Waals surface area contributed by atoms with Crippen molar-refractivity contribution in [2.24, 2.45) is 5.92 Å². The highest BCUT2D eigenvalue weighted by Crippen LogP contribution is 2.33. The number of carbonyl (C=O) groups excluding carboxylic acids is 1. The van der Waals surface area contributed by atoms with Crippen LogP contribution in [0.1, 0.15) is 63.0 Å². The summed E-state index contributed by atoms with van der Waals surface area (Å²) in [7, 11) is 0. The molecule has 2 saturated heterocycles. The maximum absolute atomic E-state index is 12.7. The maximum atomic E-state index is 12.7. The summed E-state index contributed by atoms with van der Waals surface area (Å²) in [6.45, 7) is 11.6. The third-order valence-corrected chi connectivity index (χ3v) is 8.16. The highest BCUT2D eigenvalue weighted by Gasteiger charge is 2.26. The molecule has 2 aliphatic rings. The van der Waals surface area contributed by atoms with Crippen LogP contribution < -0.4 is 10.2 Å². The standard InChI is InChI=1S/C25H38N4OS/c1-4-21-8-5-6-12-28(21)13-7-11-26-24(30)20-9-14-29(15-10-20)25-27-23-19(3)16-18(2)17-22(23)31-25/h16-17,20-21H,4-15H2,1-3H3,(H,26,30). The summed E-state index contributed by atoms with van der Waals surface area (Å²) < 4.78 is 1.27. The number of aromatic nitrogens is 1. The number of benzene rings is 1. The highest BCUT2D eigenvalue weighted by molar-refractivity contribution is 7.22. The van der Waals surface area contributed by atoms with Gasteiger partial charge in [0.15, 0.2) is 5.13 Å². The third-order valence-electron chi connectivity index (χ3n) is 7.10. The molecular formula is C25H38N4OS. The van der Waals surface area contributed by atoms with Crippen LogP contribution in [0.2, 0.25) is 0 Å². The van der Waals surface area contributed by atoms with Crippen molar-refractivity contribution >= 4 is 32.6 Å². The van der Waals surface area contributed by atoms with Gasteiger partial charge in [0.1, 0.15) is 0 Å². The van der Waals surface area contributed by atoms with Gasteiger partial charge in [-0.05, 0) is 76.1 Å². The van der Waals surface area contributed by atoms with E-state index in [4.69, 9.17) is 4.98 Å². The number of piperidine rings is 2. The number of aryl methyl sites for hydroxylation is 2. The highest BCUT2D eigenvalue weighted by atomic mass is 32.1. The van der Waals surface area contributed by atoms with E-state index in [1.807, 2.05) is 0 Å². The zero-order valence-electron chi connectivity index (χ0n) is 19.5. The van der Waals surface area contributed by atoms with Gasteiger partial charge in [0.25, 0.3) is 0 Å². The van der Waals surface area contributed by atoms with Crippen LogP contribution in [0.15, 0.2) is 12.1 Å². The number of nitrogens with one attached hydrogen (secondary N) is 1. The minimum absolute atomic E-state index is 0.146. The molecule has 2 aromatic rings. The van der Waals surface area contributed by atoms with Gasteiger partial charge in [-0.15, -0.1) is 0 Å². The molecule has 2 fully saturated rings. The van der Waals surface area contributed by atoms with Crippen molar-refractivity contribution in [3.8, 4) is 0 Å². The van der Waals surface area contributed by atoms with Crippen molar-refractivity contribution in [3.05, 3.63) is 23.3 Å². The minimum atomic E-state index is 0.146. The first kappa shape index (κ1) is 22.5. The van der Waals surface area contributed by atoms with Crippen LogP contribution in [0, 0.1) is 19.8 Å². The summed E-state index contributed by atoms with van der Waals surface area (Å²) in [5.41, 5.74) is 3.67. The molecule has 1 aromatic heterocycles. The van der Waals surface area contributed by atoms with Crippen LogP contribution in [0.25, 0.3) is 10.2 Å². The number of hydrogen-bond donors (Lipinski definition) is 1. The fourth-order valence-electron chi connectivity index (χ4n) is 5.28. The molecule has 1 unspecified atom stereocenters. The van der Waals surface area contributed by atoms with Crippen molar-refractivity contribution in [1.82, 2.24) is 15.2 Å². The molecule has 6 heteroatoms. The van der Waals surface area contributed by atoms with Gasteiger partial charge in [0, 0.05) is 38.1 Å². The van der Waals surface area contributed by atoms with Crippen molar-refractivity contribution in [2.75, 3.05) is 37.6 Å². The second kappa shape index (κ2) is 10.3. The molecule has 0 spiro atoms. The second-order valence-corrected chi connectivity index (χ2v) is 10.4. The van der Waals surface area contributed by atoms with Gasteiger partial charge in [0.05, 0.1) is 10.2 Å². The van der Waals surface area contributed by atoms with Crippen molar-refractivity contribution in [1.29, 1.82) is 0 Å². The molecule has 4 rings (SSSR count). The molecule has 0 saturated carbocycles. The third kappa shape index (κ3) is 5.40. The lowest BCUT2D eigenvalue weighted by Crippen LogP contribution is -2.42. The second-order valence-electron chi connectivity index (χ2n) is 9.42. The van der Waals surface area contributed by atoms with Crippen molar-refractivity contribution < 1.29 is 4.79 Å². The number of nitrogens with zero attached hydrogens (tertiary/aromatic N) is 3. The Balaban J connectivity index is 1.21. The first-order chi connectivity index (χ1) is 15.0. The Kier molecular flexibility index (Phi) is 7.49. The minimum Gasteiger partial charge on any atom is -0.356 e. The number of thiazole rings is 1. The average Bonchev–Trinajstić information content (AvgIpc) is 3.21. The van der Waals surface area contributed by atoms with Crippen molar-refractivity contribution in [2.45, 2.75) is 71.8 Å². The average molecular weight is 443 g/mol. The Labute approximate surface area is 191 Å². The van der Waals surface area contributed by atoms with E-state index in [-0.39, 0.29) is 11.8 Å². The lowest BCUT2D eigenvalue weighted by atomic mass is 9.96. The van der Waals surface area contributed by atoms with E-state index < -0.39 is 0 Å². The predicted molar refractivity (Wildman–Crippen MR) is 131 cm³/mol. The zero-order valence-corrected chi connectivity index (χ0v) is 20.3. The molecule has 0 aliphatic carbocycles. The van der Waals surface area contributed by atoms with Gasteiger partial charge in [-0.2, -0.15) is 0 Å². The molecule has 31 heavy (non-hydrogen) atoms. The van der Waals surface area contributed by atoms with E-state index in [0.717, 1.165) is 62.1 Å². The largest absolute Gasteiger partial charge is 0.356 e. The summed E-state index contributed by atoms with van der Waals surface area (Å²) in [6, 6.07) is 5.19. The molecule has 1 atom stereocenters. The van der Waals surface area contributed by atoms with Crippen molar-refractivity contribution in [3.63, 3.8) is 0 Å². The number of carbonyl (C=O) groups is 1. The molecule has 1 N–H and O–H groups in total. The molecule has 170 valence electrons. The fourth-order valence-corrected chi connectivity index (χ4v) is 6.48. The summed E-state index contributed by atoms with van der Waals surface area (Å²) >= 11 is 1.78. The van der Waals surface area contributed by atoms with Gasteiger partial charge in [-0.25, -0.2) is 4.98 Å². The van der Waals surface area contributed by atoms with Crippen LogP contribution in [-0.2, 0) is 4.79 Å². The topological polar surface area (TPSA) is 48.5 Å². The van der Waals surface area contributed by atoms with Crippen LogP contribution in [-0.4, -0.2) is 54.6 Å². The van der Waals surface area contributed by atoms with Crippen LogP contribution in [0.3, 0.4) is 0 Å². The summed E-state index contributed by atoms with van der Waals surface area (Å²) in [5, 5.41) is 4.32. The van der Waals surface area contributed by atoms with Crippen LogP contribution in [0.5, 0.6) is 0 Å². The Morgan fingerprint density at radius 3 is 2.74 bits per heavy atom. The monoisotopic (exact) mass is 442 g/mol. The number of amides is 1. The SMILES string of the molecule is CCC1CCCCN1CCCNC(=O)C1CCN(c2nc3c(C)cc(C)cc3s2)CC1. The molecule has 2 aliphatic heterocycles. The Morgan fingerprint density at radius 2 is 1.97 bits per heavy atom. The lowest BCUT2D eigenvalue weighted by molar-refractivity contribution is -0.125. The quantitative estimate of drug-likeness (QED) is 0.620. The number of anilines is 1. The van der Waals surface area contributed by atoms with E-state index in [0.29, 0.717) is 0 Å². The van der Waals surface area contributed by atoms with E-state index in [2.05, 4.69) is 48.0 Å². The number of hydrogen-bond acceptors (Lipinski definition) is 5. The maximum Gasteiger partial charge on any atom is 0.223 e. The Hall–Kier alpha value is -1.66. The molecular weight excluding hydrogens is 404 g/mol. The normalized spacial score (nSPS) is 21.0. The van der Waals surface area contributed by atoms with Gasteiger partial charge in [-0.3, -0.25) is 4.79 Å². The van der Waals surface area contributed by atoms with Crippen LogP contribution >= 0.6 is 11.3 Å². The first-order valence-corrected chi connectivity index (χ1v) is 13.0. The van der Waals surface area contributed by atoms with E-state index in [1.54, 1.807) is 11.3 Å². The van der Waals surface area contributed by atoms with Gasteiger partial charge < -0.3 is 15.1 Å². The van der Waals surface area contributed by atoms with Crippen LogP contribution in [0.4, 0.5) is 5.13 Å². The number of fused-ring (bicyclic) bond motifs is 1. The summed E-state index contributed by atoms with van der Waals surface area (Å²) in [4.78, 5) is 22.6. The first-order valence-electron chi connectivity index (χ1n) is 12.2. The molecule has 0 radical (unpaired) electrons. The van der Waals surface area contributed by atoms with E-state index in [9.17, 15) is 4.79 Å². The van der Waals surface area contributed by atoms with Gasteiger partial charge in [-0.1, -0.05) is 30.7 Å². The van der Waals surface area contributed by atoms with Gasteiger partial charge in [0.2, 0.25) is 5.91 Å². The lowest BCUT2D eigenvalue weighted by Gasteiger charge is -2.35. The zero-order chi connectivity index (χ0) is 21.8. The molecule has 0 bridgehead atoms. The van der Waals surface area contributed by atoms with Gasteiger partial charge >= 0.3 is 0 Å². The summed E-state index contributed by atoms with van der Waals surface area (Å²) in [6.07, 6.45) is 8.20. The molecule has 3 heterocycles. The molecule has 1 amide bonds. The van der Waals surface area contributed by atoms with E-state index in [1.165, 1.54) is 48.1 Å². The molecule has 5 nitrogen and oxygen atoms in total. The smallest absolute Gasteiger partial charge is 0.223 e. The summed E-state index contributed by atoms with van der Waals surface area (Å²) in [5.74, 6) is 0.397. The Morgan fingerprint density at radius 1 is 1.16 bits per heavy atom. The fraction of sp³-hybridized carbons (Fsp3) is 0.680. The molecule has 1 aromatic carbocycles. The van der Waals surface area contributed by atoms with E-state index >= 15 is 0 Å². The Bertz CT molecular complexity index is 887.